The van der Waals surface area contributed by atoms with Crippen molar-refractivity contribution in [2.24, 2.45) is 14.0 Å². The van der Waals surface area contributed by atoms with Crippen molar-refractivity contribution in [3.63, 3.8) is 0 Å². The van der Waals surface area contributed by atoms with Crippen LogP contribution in [0.1, 0.15) is 8.22 Å². The fourth-order valence-electron chi connectivity index (χ4n) is 5.02. The first-order valence-electron chi connectivity index (χ1n) is 12.6. The van der Waals surface area contributed by atoms with E-state index in [2.05, 4.69) is 4.98 Å². The third-order valence-electron chi connectivity index (χ3n) is 6.18. The van der Waals surface area contributed by atoms with E-state index >= 15 is 0 Å². The van der Waals surface area contributed by atoms with Gasteiger partial charge in [0.05, 0.1) is 16.6 Å². The molecule has 0 unspecified atom stereocenters. The molecule has 0 fully saturated rings. The topological polar surface area (TPSA) is 25.6 Å². The summed E-state index contributed by atoms with van der Waals surface area (Å²) in [5, 5.41) is 4.62. The van der Waals surface area contributed by atoms with Crippen molar-refractivity contribution in [3.05, 3.63) is 72.8 Å². The van der Waals surface area contributed by atoms with Crippen LogP contribution in [0.3, 0.4) is 0 Å². The van der Waals surface area contributed by atoms with Crippen LogP contribution in [0.25, 0.3) is 65.4 Å². The number of hydrogen-bond acceptors (Lipinski definition) is 0. The lowest BCUT2D eigenvalue weighted by molar-refractivity contribution is 1.01. The minimum absolute atomic E-state index is 0.513. The predicted octanol–water partition coefficient (Wildman–Crippen LogP) is 6.61. The molecular weight excluding hydrogens is 354 g/mol. The normalized spacial score (nSPS) is 16.4. The molecular formula is C26H19N3. The molecule has 3 heteroatoms. The van der Waals surface area contributed by atoms with Crippen LogP contribution in [-0.4, -0.2) is 14.1 Å². The largest absolute Gasteiger partial charge is 0.354 e. The lowest BCUT2D eigenvalue weighted by Gasteiger charge is -2.05. The van der Waals surface area contributed by atoms with Gasteiger partial charge in [-0.3, -0.25) is 0 Å². The Morgan fingerprint density at radius 2 is 1.14 bits per heavy atom. The Morgan fingerprint density at radius 1 is 0.621 bits per heavy atom. The zero-order valence-electron chi connectivity index (χ0n) is 21.3. The Kier molecular flexibility index (Phi) is 1.85. The lowest BCUT2D eigenvalue weighted by Crippen LogP contribution is -1.90. The third kappa shape index (κ3) is 1.66. The molecule has 0 bridgehead atoms. The summed E-state index contributed by atoms with van der Waals surface area (Å²) in [5.74, 6) is 0. The van der Waals surface area contributed by atoms with E-state index in [1.54, 1.807) is 6.07 Å². The van der Waals surface area contributed by atoms with Crippen LogP contribution in [-0.2, 0) is 14.0 Å². The molecule has 4 aromatic carbocycles. The number of fused-ring (bicyclic) bond motifs is 12. The van der Waals surface area contributed by atoms with Crippen molar-refractivity contribution in [1.82, 2.24) is 14.1 Å². The van der Waals surface area contributed by atoms with E-state index in [4.69, 9.17) is 8.22 Å². The molecule has 0 atom stereocenters. The highest BCUT2D eigenvalue weighted by Crippen LogP contribution is 2.45. The van der Waals surface area contributed by atoms with Gasteiger partial charge in [-0.15, -0.1) is 0 Å². The van der Waals surface area contributed by atoms with Crippen LogP contribution in [0.15, 0.2) is 72.8 Å². The molecule has 0 aliphatic carbocycles. The number of hydrogen-bond donors (Lipinski definition) is 1. The van der Waals surface area contributed by atoms with E-state index in [0.717, 1.165) is 32.6 Å². The highest BCUT2D eigenvalue weighted by atomic mass is 15.0. The number of nitrogens with zero attached hydrogens (tertiary/aromatic N) is 2. The fraction of sp³-hybridized carbons (Fsp3) is 0.0769. The van der Waals surface area contributed by atoms with E-state index in [1.165, 1.54) is 9.13 Å². The van der Waals surface area contributed by atoms with E-state index < -0.39 is 14.0 Å². The SMILES string of the molecule is [2H]C([2H])([2H])n1c2ccccc2c2c3[nH]c4ccccc4c3c3c(c4ccccc4n3C([2H])([2H])[2H])c21. The zero-order valence-corrected chi connectivity index (χ0v) is 15.3. The molecule has 0 aliphatic rings. The fourth-order valence-corrected chi connectivity index (χ4v) is 5.02. The summed E-state index contributed by atoms with van der Waals surface area (Å²) in [6.45, 7) is -4.95. The highest BCUT2D eigenvalue weighted by molar-refractivity contribution is 6.39. The van der Waals surface area contributed by atoms with Gasteiger partial charge in [-0.2, -0.15) is 0 Å². The van der Waals surface area contributed by atoms with Gasteiger partial charge in [0.1, 0.15) is 0 Å². The standard InChI is InChI=1S/C26H19N3/c1-28-19-13-7-4-10-16(19)22-24-21(15-9-3-6-12-18(15)27-24)25-23(26(22)28)17-11-5-8-14-20(17)29(25)2/h3-14,27H,1-2H3/i1D3,2D3. The molecule has 3 heterocycles. The zero-order chi connectivity index (χ0) is 24.3. The molecule has 7 rings (SSSR count). The molecule has 0 amide bonds. The molecule has 0 spiro atoms. The predicted molar refractivity (Wildman–Crippen MR) is 124 cm³/mol. The molecule has 0 saturated heterocycles. The maximum absolute atomic E-state index is 8.45. The molecule has 138 valence electrons. The number of para-hydroxylation sites is 3. The van der Waals surface area contributed by atoms with Crippen molar-refractivity contribution in [3.8, 4) is 0 Å². The maximum Gasteiger partial charge on any atom is 0.0611 e. The number of aromatic nitrogens is 3. The average Bonchev–Trinajstić information content (AvgIpc) is 3.45. The Bertz CT molecular complexity index is 1940. The van der Waals surface area contributed by atoms with Gasteiger partial charge in [-0.1, -0.05) is 54.6 Å². The number of rotatable bonds is 0. The summed E-state index contributed by atoms with van der Waals surface area (Å²) >= 11 is 0. The van der Waals surface area contributed by atoms with Crippen LogP contribution in [0.2, 0.25) is 0 Å². The first-order chi connectivity index (χ1) is 16.7. The number of aromatic amines is 1. The minimum Gasteiger partial charge on any atom is -0.354 e. The van der Waals surface area contributed by atoms with E-state index in [1.807, 2.05) is 66.7 Å². The van der Waals surface area contributed by atoms with Gasteiger partial charge in [0.2, 0.25) is 0 Å². The summed E-state index contributed by atoms with van der Waals surface area (Å²) in [5.41, 5.74) is 3.76. The molecule has 3 nitrogen and oxygen atoms in total. The van der Waals surface area contributed by atoms with Crippen molar-refractivity contribution in [2.45, 2.75) is 0 Å². The van der Waals surface area contributed by atoms with Gasteiger partial charge in [-0.25, -0.2) is 0 Å². The highest BCUT2D eigenvalue weighted by Gasteiger charge is 2.23. The van der Waals surface area contributed by atoms with Gasteiger partial charge in [-0.05, 0) is 18.2 Å². The first-order valence-corrected chi connectivity index (χ1v) is 9.57. The summed E-state index contributed by atoms with van der Waals surface area (Å²) < 4.78 is 53.5. The Hall–Kier alpha value is -3.72. The summed E-state index contributed by atoms with van der Waals surface area (Å²) in [4.78, 5) is 3.50. The van der Waals surface area contributed by atoms with E-state index in [0.29, 0.717) is 32.8 Å². The first kappa shape index (κ1) is 10.7. The monoisotopic (exact) mass is 379 g/mol. The van der Waals surface area contributed by atoms with Crippen molar-refractivity contribution < 1.29 is 8.22 Å². The molecule has 7 aromatic rings. The average molecular weight is 379 g/mol. The number of H-pyrrole nitrogens is 1. The number of nitrogens with one attached hydrogen (secondary N) is 1. The van der Waals surface area contributed by atoms with Gasteiger partial charge >= 0.3 is 0 Å². The van der Waals surface area contributed by atoms with Crippen LogP contribution in [0, 0.1) is 0 Å². The molecule has 0 aliphatic heterocycles. The Labute approximate surface area is 175 Å². The minimum atomic E-state index is -2.48. The second kappa shape index (κ2) is 5.00. The quantitative estimate of drug-likeness (QED) is 0.307. The van der Waals surface area contributed by atoms with Gasteiger partial charge < -0.3 is 14.1 Å². The maximum atomic E-state index is 8.45. The molecule has 1 N–H and O–H groups in total. The van der Waals surface area contributed by atoms with E-state index in [9.17, 15) is 0 Å². The lowest BCUT2D eigenvalue weighted by atomic mass is 10.0. The molecule has 0 radical (unpaired) electrons. The Balaban J connectivity index is 1.99. The van der Waals surface area contributed by atoms with Gasteiger partial charge in [0.15, 0.2) is 0 Å². The summed E-state index contributed by atoms with van der Waals surface area (Å²) in [6.07, 6.45) is 0. The second-order valence-corrected chi connectivity index (χ2v) is 7.57. The third-order valence-corrected chi connectivity index (χ3v) is 6.18. The van der Waals surface area contributed by atoms with Crippen molar-refractivity contribution >= 4 is 65.4 Å². The molecule has 3 aromatic heterocycles. The van der Waals surface area contributed by atoms with Crippen molar-refractivity contribution in [2.75, 3.05) is 0 Å². The van der Waals surface area contributed by atoms with Crippen LogP contribution in [0.4, 0.5) is 0 Å². The summed E-state index contributed by atoms with van der Waals surface area (Å²) in [7, 11) is 0. The van der Waals surface area contributed by atoms with Crippen molar-refractivity contribution in [1.29, 1.82) is 0 Å². The second-order valence-electron chi connectivity index (χ2n) is 7.57. The van der Waals surface area contributed by atoms with Crippen LogP contribution in [0.5, 0.6) is 0 Å². The smallest absolute Gasteiger partial charge is 0.0611 e. The molecule has 29 heavy (non-hydrogen) atoms. The summed E-state index contributed by atoms with van der Waals surface area (Å²) in [6, 6.07) is 22.6. The van der Waals surface area contributed by atoms with Gasteiger partial charge in [0.25, 0.3) is 0 Å². The number of benzene rings is 4. The van der Waals surface area contributed by atoms with Gasteiger partial charge in [0, 0.05) is 71.0 Å². The molecule has 0 saturated carbocycles. The van der Waals surface area contributed by atoms with Crippen LogP contribution < -0.4 is 0 Å². The van der Waals surface area contributed by atoms with Crippen LogP contribution >= 0.6 is 0 Å². The number of aryl methyl sites for hydroxylation is 2. The Morgan fingerprint density at radius 3 is 1.79 bits per heavy atom. The van der Waals surface area contributed by atoms with E-state index in [-0.39, 0.29) is 0 Å².